The summed E-state index contributed by atoms with van der Waals surface area (Å²) in [5, 5.41) is 0. The zero-order valence-corrected chi connectivity index (χ0v) is 15.6. The molecule has 0 atom stereocenters. The number of unbranched alkanes of at least 4 members (excludes halogenated alkanes) is 8. The number of rotatable bonds is 10. The van der Waals surface area contributed by atoms with Crippen molar-refractivity contribution in [1.82, 2.24) is 0 Å². The van der Waals surface area contributed by atoms with Gasteiger partial charge >= 0.3 is 0 Å². The average molecular weight is 245 g/mol. The van der Waals surface area contributed by atoms with Crippen molar-refractivity contribution in [3.05, 3.63) is 0 Å². The molecule has 0 aliphatic heterocycles. The van der Waals surface area contributed by atoms with Crippen LogP contribution in [0.3, 0.4) is 0 Å². The zero-order valence-electron chi connectivity index (χ0n) is 11.6. The molecule has 16 heavy (non-hydrogen) atoms. The Bertz CT molecular complexity index is 143. The Hall–Kier alpha value is 1.47. The third-order valence-corrected chi connectivity index (χ3v) is 2.53. The van der Waals surface area contributed by atoms with Gasteiger partial charge in [0.05, 0.1) is 0 Å². The maximum absolute atomic E-state index is 10.4. The molecular weight excluding hydrogens is 220 g/mol. The number of hydrogen-bond donors (Lipinski definition) is 1. The molecule has 0 bridgehead atoms. The molecular formula is C12H25NNa2O. The van der Waals surface area contributed by atoms with Gasteiger partial charge in [0.25, 0.3) is 0 Å². The fraction of sp³-hybridized carbons (Fsp3) is 0.917. The van der Waals surface area contributed by atoms with Crippen LogP contribution in [0.2, 0.25) is 0 Å². The first-order valence-corrected chi connectivity index (χ1v) is 6.05. The molecule has 0 aromatic carbocycles. The largest absolute Gasteiger partial charge is 0.370 e. The molecule has 0 aromatic rings. The Morgan fingerprint density at radius 1 is 0.812 bits per heavy atom. The smallest absolute Gasteiger partial charge is 0.217 e. The molecule has 1 amide bonds. The van der Waals surface area contributed by atoms with Crippen LogP contribution in [0.4, 0.5) is 0 Å². The molecule has 86 valence electrons. The van der Waals surface area contributed by atoms with E-state index in [0.29, 0.717) is 6.42 Å². The molecule has 0 unspecified atom stereocenters. The van der Waals surface area contributed by atoms with E-state index in [2.05, 4.69) is 6.92 Å². The molecule has 0 heterocycles. The van der Waals surface area contributed by atoms with Crippen molar-refractivity contribution < 1.29 is 4.79 Å². The number of nitrogens with two attached hydrogens (primary N) is 1. The van der Waals surface area contributed by atoms with Gasteiger partial charge in [0, 0.05) is 65.5 Å². The van der Waals surface area contributed by atoms with Crippen LogP contribution in [0.25, 0.3) is 0 Å². The van der Waals surface area contributed by atoms with Crippen LogP contribution in [0.15, 0.2) is 0 Å². The quantitative estimate of drug-likeness (QED) is 0.466. The standard InChI is InChI=1S/C12H25NO.2Na/c1-2-3-4-5-6-7-8-9-10-11-12(13)14;;/h2-11H2,1H3,(H2,13,14);;. The molecule has 0 rings (SSSR count). The van der Waals surface area contributed by atoms with Crippen molar-refractivity contribution in [2.24, 2.45) is 5.73 Å². The van der Waals surface area contributed by atoms with E-state index in [-0.39, 0.29) is 65.0 Å². The van der Waals surface area contributed by atoms with Gasteiger partial charge in [-0.25, -0.2) is 0 Å². The van der Waals surface area contributed by atoms with Gasteiger partial charge in [0.15, 0.2) is 0 Å². The summed E-state index contributed by atoms with van der Waals surface area (Å²) in [6.45, 7) is 2.24. The van der Waals surface area contributed by atoms with Crippen LogP contribution in [0.1, 0.15) is 71.1 Å². The van der Waals surface area contributed by atoms with Crippen LogP contribution in [0, 0.1) is 0 Å². The summed E-state index contributed by atoms with van der Waals surface area (Å²) < 4.78 is 0. The number of carbonyl (C=O) groups excluding carboxylic acids is 1. The molecule has 0 fully saturated rings. The second-order valence-corrected chi connectivity index (χ2v) is 4.04. The molecule has 2 radical (unpaired) electrons. The van der Waals surface area contributed by atoms with Gasteiger partial charge in [-0.15, -0.1) is 0 Å². The maximum atomic E-state index is 10.4. The SMILES string of the molecule is CCCCCCCCCCCC(N)=O.[Na].[Na]. The van der Waals surface area contributed by atoms with Crippen LogP contribution in [0.5, 0.6) is 0 Å². The van der Waals surface area contributed by atoms with Crippen LogP contribution >= 0.6 is 0 Å². The number of amides is 1. The molecule has 0 aliphatic rings. The summed E-state index contributed by atoms with van der Waals surface area (Å²) in [7, 11) is 0. The van der Waals surface area contributed by atoms with Gasteiger partial charge in [-0.1, -0.05) is 58.3 Å². The third kappa shape index (κ3) is 20.8. The van der Waals surface area contributed by atoms with Crippen LogP contribution < -0.4 is 5.73 Å². The van der Waals surface area contributed by atoms with E-state index in [9.17, 15) is 4.79 Å². The Balaban J connectivity index is -0.000000845. The molecule has 2 nitrogen and oxygen atoms in total. The van der Waals surface area contributed by atoms with E-state index in [1.807, 2.05) is 0 Å². The van der Waals surface area contributed by atoms with Gasteiger partial charge in [-0.3, -0.25) is 4.79 Å². The minimum absolute atomic E-state index is 0. The van der Waals surface area contributed by atoms with Gasteiger partial charge in [-0.05, 0) is 6.42 Å². The molecule has 0 aromatic heterocycles. The first kappa shape index (κ1) is 22.6. The van der Waals surface area contributed by atoms with Crippen LogP contribution in [-0.4, -0.2) is 65.0 Å². The minimum Gasteiger partial charge on any atom is -0.370 e. The number of carbonyl (C=O) groups is 1. The fourth-order valence-corrected chi connectivity index (χ4v) is 1.61. The molecule has 0 saturated heterocycles. The predicted molar refractivity (Wildman–Crippen MR) is 72.5 cm³/mol. The normalized spacial score (nSPS) is 9.06. The summed E-state index contributed by atoms with van der Waals surface area (Å²) >= 11 is 0. The second-order valence-electron chi connectivity index (χ2n) is 4.04. The van der Waals surface area contributed by atoms with Crippen molar-refractivity contribution in [2.75, 3.05) is 0 Å². The zero-order chi connectivity index (χ0) is 10.6. The van der Waals surface area contributed by atoms with Crippen molar-refractivity contribution in [2.45, 2.75) is 71.1 Å². The minimum atomic E-state index is -0.159. The molecule has 0 saturated carbocycles. The Morgan fingerprint density at radius 2 is 1.19 bits per heavy atom. The van der Waals surface area contributed by atoms with E-state index in [1.165, 1.54) is 44.9 Å². The van der Waals surface area contributed by atoms with E-state index in [1.54, 1.807) is 0 Å². The Morgan fingerprint density at radius 3 is 1.56 bits per heavy atom. The summed E-state index contributed by atoms with van der Waals surface area (Å²) in [5.41, 5.74) is 5.05. The van der Waals surface area contributed by atoms with E-state index < -0.39 is 0 Å². The Kier molecular flexibility index (Phi) is 26.6. The van der Waals surface area contributed by atoms with Gasteiger partial charge in [-0.2, -0.15) is 0 Å². The average Bonchev–Trinajstić information content (AvgIpc) is 2.15. The van der Waals surface area contributed by atoms with E-state index >= 15 is 0 Å². The van der Waals surface area contributed by atoms with Gasteiger partial charge < -0.3 is 5.73 Å². The number of hydrogen-bond acceptors (Lipinski definition) is 1. The van der Waals surface area contributed by atoms with E-state index in [4.69, 9.17) is 5.73 Å². The molecule has 0 aliphatic carbocycles. The van der Waals surface area contributed by atoms with Crippen molar-refractivity contribution in [1.29, 1.82) is 0 Å². The van der Waals surface area contributed by atoms with Crippen molar-refractivity contribution >= 4 is 65.0 Å². The predicted octanol–water partition coefficient (Wildman–Crippen LogP) is 2.63. The molecule has 0 spiro atoms. The second kappa shape index (κ2) is 18.8. The molecule has 4 heteroatoms. The summed E-state index contributed by atoms with van der Waals surface area (Å²) in [5.74, 6) is -0.159. The number of primary amides is 1. The summed E-state index contributed by atoms with van der Waals surface area (Å²) in [6, 6.07) is 0. The summed E-state index contributed by atoms with van der Waals surface area (Å²) in [4.78, 5) is 10.4. The van der Waals surface area contributed by atoms with E-state index in [0.717, 1.165) is 12.8 Å². The monoisotopic (exact) mass is 245 g/mol. The fourth-order valence-electron chi connectivity index (χ4n) is 1.61. The van der Waals surface area contributed by atoms with Crippen molar-refractivity contribution in [3.63, 3.8) is 0 Å². The topological polar surface area (TPSA) is 43.1 Å². The van der Waals surface area contributed by atoms with Gasteiger partial charge in [0.2, 0.25) is 5.91 Å². The molecule has 2 N–H and O–H groups in total. The first-order chi connectivity index (χ1) is 6.77. The maximum Gasteiger partial charge on any atom is 0.217 e. The third-order valence-electron chi connectivity index (χ3n) is 2.53. The van der Waals surface area contributed by atoms with Crippen LogP contribution in [-0.2, 0) is 4.79 Å². The Labute approximate surface area is 145 Å². The van der Waals surface area contributed by atoms with Crippen molar-refractivity contribution in [3.8, 4) is 0 Å². The van der Waals surface area contributed by atoms with Gasteiger partial charge in [0.1, 0.15) is 0 Å². The summed E-state index contributed by atoms with van der Waals surface area (Å²) in [6.07, 6.45) is 12.1. The first-order valence-electron chi connectivity index (χ1n) is 6.05.